The lowest BCUT2D eigenvalue weighted by atomic mass is 10.1. The highest BCUT2D eigenvalue weighted by atomic mass is 32.1. The molecule has 0 spiro atoms. The Morgan fingerprint density at radius 3 is 2.52 bits per heavy atom. The van der Waals surface area contributed by atoms with E-state index in [1.165, 1.54) is 23.5 Å². The first-order valence-corrected chi connectivity index (χ1v) is 9.45. The fraction of sp³-hybridized carbons (Fsp3) is 0.238. The summed E-state index contributed by atoms with van der Waals surface area (Å²) >= 11 is 1.40. The number of anilines is 1. The van der Waals surface area contributed by atoms with Crippen molar-refractivity contribution in [3.8, 4) is 5.75 Å². The van der Waals surface area contributed by atoms with Gasteiger partial charge in [0.1, 0.15) is 11.6 Å². The van der Waals surface area contributed by atoms with Crippen LogP contribution in [-0.2, 0) is 11.2 Å². The third-order valence-electron chi connectivity index (χ3n) is 3.95. The SMILES string of the molecule is Cc1cc(C)cc(OC(C)C(=O)Nc2ncc(Cc3ccc(F)cc3)s2)c1. The zero-order valence-electron chi connectivity index (χ0n) is 15.5. The zero-order chi connectivity index (χ0) is 19.4. The molecule has 3 rings (SSSR count). The van der Waals surface area contributed by atoms with Crippen molar-refractivity contribution in [3.63, 3.8) is 0 Å². The molecule has 4 nitrogen and oxygen atoms in total. The quantitative estimate of drug-likeness (QED) is 0.658. The van der Waals surface area contributed by atoms with Crippen LogP contribution in [0.4, 0.5) is 9.52 Å². The molecule has 2 aromatic carbocycles. The largest absolute Gasteiger partial charge is 0.481 e. The molecule has 1 heterocycles. The molecule has 3 aromatic rings. The van der Waals surface area contributed by atoms with Crippen LogP contribution in [0.2, 0.25) is 0 Å². The van der Waals surface area contributed by atoms with Crippen molar-refractivity contribution < 1.29 is 13.9 Å². The van der Waals surface area contributed by atoms with Gasteiger partial charge < -0.3 is 4.74 Å². The summed E-state index contributed by atoms with van der Waals surface area (Å²) in [6.07, 6.45) is 1.72. The fourth-order valence-corrected chi connectivity index (χ4v) is 3.57. The monoisotopic (exact) mass is 384 g/mol. The van der Waals surface area contributed by atoms with E-state index < -0.39 is 6.10 Å². The molecule has 0 saturated carbocycles. The number of hydrogen-bond donors (Lipinski definition) is 1. The van der Waals surface area contributed by atoms with E-state index in [2.05, 4.69) is 16.4 Å². The molecule has 27 heavy (non-hydrogen) atoms. The van der Waals surface area contributed by atoms with Crippen molar-refractivity contribution in [2.24, 2.45) is 0 Å². The molecule has 6 heteroatoms. The van der Waals surface area contributed by atoms with Crippen LogP contribution in [0.1, 0.15) is 28.5 Å². The first kappa shape index (κ1) is 19.0. The Balaban J connectivity index is 1.58. The Bertz CT molecular complexity index is 917. The molecule has 0 aliphatic heterocycles. The van der Waals surface area contributed by atoms with Crippen molar-refractivity contribution in [3.05, 3.63) is 76.0 Å². The van der Waals surface area contributed by atoms with Gasteiger partial charge in [-0.3, -0.25) is 10.1 Å². The number of carbonyl (C=O) groups is 1. The first-order chi connectivity index (χ1) is 12.9. The highest BCUT2D eigenvalue weighted by molar-refractivity contribution is 7.15. The van der Waals surface area contributed by atoms with Gasteiger partial charge in [0.2, 0.25) is 0 Å². The van der Waals surface area contributed by atoms with Crippen molar-refractivity contribution in [1.82, 2.24) is 4.98 Å². The van der Waals surface area contributed by atoms with Crippen LogP contribution < -0.4 is 10.1 Å². The summed E-state index contributed by atoms with van der Waals surface area (Å²) < 4.78 is 18.7. The van der Waals surface area contributed by atoms with E-state index in [1.54, 1.807) is 25.3 Å². The van der Waals surface area contributed by atoms with Crippen molar-refractivity contribution in [2.75, 3.05) is 5.32 Å². The number of amides is 1. The number of aryl methyl sites for hydroxylation is 2. The van der Waals surface area contributed by atoms with Gasteiger partial charge in [0, 0.05) is 17.5 Å². The molecule has 0 saturated heterocycles. The van der Waals surface area contributed by atoms with E-state index in [4.69, 9.17) is 4.74 Å². The van der Waals surface area contributed by atoms with Crippen molar-refractivity contribution in [1.29, 1.82) is 0 Å². The van der Waals surface area contributed by atoms with Gasteiger partial charge in [-0.1, -0.05) is 18.2 Å². The second-order valence-corrected chi connectivity index (χ2v) is 7.62. The molecule has 1 amide bonds. The second-order valence-electron chi connectivity index (χ2n) is 6.51. The molecular weight excluding hydrogens is 363 g/mol. The lowest BCUT2D eigenvalue weighted by molar-refractivity contribution is -0.122. The van der Waals surface area contributed by atoms with Crippen molar-refractivity contribution >= 4 is 22.4 Å². The summed E-state index contributed by atoms with van der Waals surface area (Å²) in [4.78, 5) is 17.6. The highest BCUT2D eigenvalue weighted by Crippen LogP contribution is 2.22. The van der Waals surface area contributed by atoms with Crippen LogP contribution in [0.15, 0.2) is 48.7 Å². The molecule has 1 atom stereocenters. The Labute approximate surface area is 162 Å². The van der Waals surface area contributed by atoms with Gasteiger partial charge in [0.05, 0.1) is 0 Å². The number of nitrogens with zero attached hydrogens (tertiary/aromatic N) is 1. The molecule has 140 valence electrons. The van der Waals surface area contributed by atoms with Gasteiger partial charge in [-0.2, -0.15) is 0 Å². The van der Waals surface area contributed by atoms with Crippen molar-refractivity contribution in [2.45, 2.75) is 33.3 Å². The Kier molecular flexibility index (Phi) is 5.86. The number of hydrogen-bond acceptors (Lipinski definition) is 4. The predicted octanol–water partition coefficient (Wildman–Crippen LogP) is 4.90. The van der Waals surface area contributed by atoms with Crippen LogP contribution in [0.3, 0.4) is 0 Å². The molecule has 1 aromatic heterocycles. The number of aromatic nitrogens is 1. The number of rotatable bonds is 6. The summed E-state index contributed by atoms with van der Waals surface area (Å²) in [5.74, 6) is 0.164. The number of carbonyl (C=O) groups excluding carboxylic acids is 1. The van der Waals surface area contributed by atoms with Gasteiger partial charge >= 0.3 is 0 Å². The average molecular weight is 384 g/mol. The molecule has 0 fully saturated rings. The van der Waals surface area contributed by atoms with Crippen LogP contribution >= 0.6 is 11.3 Å². The van der Waals surface area contributed by atoms with E-state index in [0.29, 0.717) is 17.3 Å². The standard InChI is InChI=1S/C21H21FN2O2S/c1-13-8-14(2)10-18(9-13)26-15(3)20(25)24-21-23-12-19(27-21)11-16-4-6-17(22)7-5-16/h4-10,12,15H,11H2,1-3H3,(H,23,24,25). The van der Waals surface area contributed by atoms with Gasteiger partial charge in [-0.25, -0.2) is 9.37 Å². The van der Waals surface area contributed by atoms with Crippen LogP contribution in [-0.4, -0.2) is 17.0 Å². The molecule has 0 aliphatic rings. The maximum absolute atomic E-state index is 13.0. The van der Waals surface area contributed by atoms with Gasteiger partial charge in [0.25, 0.3) is 5.91 Å². The average Bonchev–Trinajstić information content (AvgIpc) is 3.03. The molecule has 0 radical (unpaired) electrons. The topological polar surface area (TPSA) is 51.2 Å². The van der Waals surface area contributed by atoms with Crippen LogP contribution in [0.25, 0.3) is 0 Å². The van der Waals surface area contributed by atoms with Gasteiger partial charge in [-0.05, 0) is 61.7 Å². The summed E-state index contributed by atoms with van der Waals surface area (Å²) in [5.41, 5.74) is 3.16. The van der Waals surface area contributed by atoms with E-state index in [1.807, 2.05) is 26.0 Å². The first-order valence-electron chi connectivity index (χ1n) is 8.64. The Morgan fingerprint density at radius 1 is 1.19 bits per heavy atom. The van der Waals surface area contributed by atoms with E-state index in [0.717, 1.165) is 21.6 Å². The Hall–Kier alpha value is -2.73. The Morgan fingerprint density at radius 2 is 1.85 bits per heavy atom. The third kappa shape index (κ3) is 5.37. The number of ether oxygens (including phenoxy) is 1. The lowest BCUT2D eigenvalue weighted by Gasteiger charge is -2.14. The normalized spacial score (nSPS) is 11.9. The highest BCUT2D eigenvalue weighted by Gasteiger charge is 2.17. The molecule has 0 aliphatic carbocycles. The summed E-state index contributed by atoms with van der Waals surface area (Å²) in [6, 6.07) is 12.2. The minimum atomic E-state index is -0.643. The summed E-state index contributed by atoms with van der Waals surface area (Å²) in [7, 11) is 0. The number of benzene rings is 2. The van der Waals surface area contributed by atoms with E-state index in [9.17, 15) is 9.18 Å². The minimum absolute atomic E-state index is 0.253. The predicted molar refractivity (Wildman–Crippen MR) is 106 cm³/mol. The molecule has 0 bridgehead atoms. The summed E-state index contributed by atoms with van der Waals surface area (Å²) in [5, 5.41) is 3.31. The molecule has 1 N–H and O–H groups in total. The third-order valence-corrected chi connectivity index (χ3v) is 4.87. The number of nitrogens with one attached hydrogen (secondary N) is 1. The number of halogens is 1. The maximum atomic E-state index is 13.0. The molecule has 1 unspecified atom stereocenters. The second kappa shape index (κ2) is 8.31. The lowest BCUT2D eigenvalue weighted by Crippen LogP contribution is -2.30. The minimum Gasteiger partial charge on any atom is -0.481 e. The molecular formula is C21H21FN2O2S. The summed E-state index contributed by atoms with van der Waals surface area (Å²) in [6.45, 7) is 5.69. The van der Waals surface area contributed by atoms with E-state index in [-0.39, 0.29) is 11.7 Å². The number of thiazole rings is 1. The fourth-order valence-electron chi connectivity index (χ4n) is 2.72. The zero-order valence-corrected chi connectivity index (χ0v) is 16.3. The van der Waals surface area contributed by atoms with Crippen LogP contribution in [0, 0.1) is 19.7 Å². The van der Waals surface area contributed by atoms with E-state index >= 15 is 0 Å². The maximum Gasteiger partial charge on any atom is 0.266 e. The van der Waals surface area contributed by atoms with Crippen LogP contribution in [0.5, 0.6) is 5.75 Å². The smallest absolute Gasteiger partial charge is 0.266 e. The van der Waals surface area contributed by atoms with Gasteiger partial charge in [0.15, 0.2) is 11.2 Å². The van der Waals surface area contributed by atoms with Gasteiger partial charge in [-0.15, -0.1) is 11.3 Å².